The fraction of sp³-hybridized carbons (Fsp3) is 0.160. The number of rotatable bonds is 8. The van der Waals surface area contributed by atoms with Gasteiger partial charge in [0.1, 0.15) is 6.20 Å². The van der Waals surface area contributed by atoms with Gasteiger partial charge in [0.15, 0.2) is 10.7 Å². The second-order valence-corrected chi connectivity index (χ2v) is 8.24. The Morgan fingerprint density at radius 2 is 1.35 bits per heavy atom. The van der Waals surface area contributed by atoms with E-state index in [1.807, 2.05) is 54.6 Å². The number of ether oxygens (including phenoxy) is 1. The Kier molecular flexibility index (Phi) is 6.48. The van der Waals surface area contributed by atoms with Gasteiger partial charge in [-0.1, -0.05) is 103 Å². The third-order valence-corrected chi connectivity index (χ3v) is 5.76. The highest BCUT2D eigenvalue weighted by Gasteiger charge is 2.40. The summed E-state index contributed by atoms with van der Waals surface area (Å²) < 4.78 is 5.77. The summed E-state index contributed by atoms with van der Waals surface area (Å²) in [5, 5.41) is 9.43. The first-order valence-electron chi connectivity index (χ1n) is 10.1. The third-order valence-electron chi connectivity index (χ3n) is 4.98. The molecular formula is C25H23N3O2S. The fourth-order valence-corrected chi connectivity index (χ4v) is 4.15. The fourth-order valence-electron chi connectivity index (χ4n) is 3.69. The Morgan fingerprint density at radius 1 is 0.871 bits per heavy atom. The molecule has 0 fully saturated rings. The lowest BCUT2D eigenvalue weighted by Crippen LogP contribution is -2.39. The van der Waals surface area contributed by atoms with Gasteiger partial charge in [-0.25, -0.2) is 0 Å². The highest BCUT2D eigenvalue weighted by Crippen LogP contribution is 2.39. The van der Waals surface area contributed by atoms with E-state index >= 15 is 0 Å². The molecule has 1 aromatic heterocycles. The number of carbonyl (C=O) groups is 1. The molecule has 1 heterocycles. The minimum atomic E-state index is -0.764. The van der Waals surface area contributed by atoms with Crippen LogP contribution in [0.2, 0.25) is 0 Å². The van der Waals surface area contributed by atoms with Gasteiger partial charge in [0.25, 0.3) is 5.88 Å². The van der Waals surface area contributed by atoms with Crippen LogP contribution in [0.3, 0.4) is 0 Å². The summed E-state index contributed by atoms with van der Waals surface area (Å²) >= 11 is 1.23. The molecule has 0 aliphatic heterocycles. The van der Waals surface area contributed by atoms with Gasteiger partial charge in [0.2, 0.25) is 0 Å². The molecule has 0 aliphatic rings. The van der Waals surface area contributed by atoms with Crippen molar-refractivity contribution in [3.63, 3.8) is 0 Å². The SMILES string of the molecule is CC(=O)SCCOc1cnn(C(c2ccccc2)(c2ccccc2)c2ccccc2)n1. The molecule has 0 aliphatic carbocycles. The van der Waals surface area contributed by atoms with Gasteiger partial charge in [-0.05, 0) is 16.7 Å². The molecule has 0 bridgehead atoms. The zero-order valence-corrected chi connectivity index (χ0v) is 18.0. The van der Waals surface area contributed by atoms with Crippen LogP contribution in [0.5, 0.6) is 5.88 Å². The maximum atomic E-state index is 11.1. The largest absolute Gasteiger partial charge is 0.475 e. The van der Waals surface area contributed by atoms with Gasteiger partial charge in [-0.3, -0.25) is 4.79 Å². The summed E-state index contributed by atoms with van der Waals surface area (Å²) in [5.41, 5.74) is 2.37. The first kappa shape index (κ1) is 20.9. The minimum Gasteiger partial charge on any atom is -0.475 e. The maximum Gasteiger partial charge on any atom is 0.253 e. The van der Waals surface area contributed by atoms with Crippen molar-refractivity contribution in [2.24, 2.45) is 0 Å². The Balaban J connectivity index is 1.83. The number of aromatic nitrogens is 3. The predicted octanol–water partition coefficient (Wildman–Crippen LogP) is 4.78. The van der Waals surface area contributed by atoms with Gasteiger partial charge in [-0.2, -0.15) is 9.90 Å². The zero-order valence-electron chi connectivity index (χ0n) is 17.2. The number of carbonyl (C=O) groups excluding carboxylic acids is 1. The van der Waals surface area contributed by atoms with Gasteiger partial charge >= 0.3 is 0 Å². The third kappa shape index (κ3) is 4.39. The van der Waals surface area contributed by atoms with E-state index in [9.17, 15) is 4.79 Å². The van der Waals surface area contributed by atoms with Crippen LogP contribution >= 0.6 is 11.8 Å². The van der Waals surface area contributed by atoms with E-state index in [2.05, 4.69) is 41.5 Å². The predicted molar refractivity (Wildman–Crippen MR) is 123 cm³/mol. The maximum absolute atomic E-state index is 11.1. The molecule has 0 unspecified atom stereocenters. The molecule has 31 heavy (non-hydrogen) atoms. The molecule has 0 amide bonds. The summed E-state index contributed by atoms with van der Waals surface area (Å²) in [6.07, 6.45) is 1.63. The van der Waals surface area contributed by atoms with Gasteiger partial charge in [-0.15, -0.1) is 5.10 Å². The van der Waals surface area contributed by atoms with E-state index in [0.29, 0.717) is 18.2 Å². The number of nitrogens with zero attached hydrogens (tertiary/aromatic N) is 3. The Labute approximate surface area is 186 Å². The number of thioether (sulfide) groups is 1. The number of benzene rings is 3. The second-order valence-electron chi connectivity index (χ2n) is 6.97. The normalized spacial score (nSPS) is 11.3. The Morgan fingerprint density at radius 3 is 1.81 bits per heavy atom. The van der Waals surface area contributed by atoms with Crippen LogP contribution in [-0.4, -0.2) is 32.5 Å². The highest BCUT2D eigenvalue weighted by molar-refractivity contribution is 8.13. The van der Waals surface area contributed by atoms with Crippen LogP contribution in [0.25, 0.3) is 0 Å². The molecule has 0 N–H and O–H groups in total. The van der Waals surface area contributed by atoms with Crippen molar-refractivity contribution in [2.75, 3.05) is 12.4 Å². The van der Waals surface area contributed by atoms with Crippen LogP contribution in [-0.2, 0) is 10.3 Å². The Bertz CT molecular complexity index is 1020. The zero-order chi connectivity index (χ0) is 21.5. The molecule has 4 aromatic rings. The first-order valence-corrected chi connectivity index (χ1v) is 11.1. The topological polar surface area (TPSA) is 57.0 Å². The van der Waals surface area contributed by atoms with Crippen LogP contribution in [0.15, 0.2) is 97.2 Å². The van der Waals surface area contributed by atoms with Gasteiger partial charge < -0.3 is 4.74 Å². The molecular weight excluding hydrogens is 406 g/mol. The molecule has 0 atom stereocenters. The van der Waals surface area contributed by atoms with Crippen LogP contribution < -0.4 is 4.74 Å². The van der Waals surface area contributed by atoms with E-state index in [1.165, 1.54) is 11.8 Å². The number of hydrogen-bond acceptors (Lipinski definition) is 5. The standard InChI is InChI=1S/C25H23N3O2S/c1-20(29)31-18-17-30-24-19-26-28(27-24)25(21-11-5-2-6-12-21,22-13-7-3-8-14-22)23-15-9-4-10-16-23/h2-16,19H,17-18H2,1H3. The summed E-state index contributed by atoms with van der Waals surface area (Å²) in [5.74, 6) is 1.000. The van der Waals surface area contributed by atoms with E-state index in [0.717, 1.165) is 16.7 Å². The van der Waals surface area contributed by atoms with Crippen molar-refractivity contribution in [3.8, 4) is 5.88 Å². The number of hydrogen-bond donors (Lipinski definition) is 0. The average Bonchev–Trinajstić information content (AvgIpc) is 3.28. The molecule has 0 saturated carbocycles. The summed E-state index contributed by atoms with van der Waals surface area (Å²) in [4.78, 5) is 12.9. The van der Waals surface area contributed by atoms with Crippen LogP contribution in [0.1, 0.15) is 23.6 Å². The summed E-state index contributed by atoms with van der Waals surface area (Å²) in [7, 11) is 0. The second kappa shape index (κ2) is 9.62. The molecule has 0 spiro atoms. The van der Waals surface area contributed by atoms with Crippen molar-refractivity contribution in [2.45, 2.75) is 12.5 Å². The van der Waals surface area contributed by atoms with Gasteiger partial charge in [0, 0.05) is 12.7 Å². The molecule has 4 rings (SSSR count). The van der Waals surface area contributed by atoms with Crippen molar-refractivity contribution >= 4 is 16.9 Å². The molecule has 3 aromatic carbocycles. The molecule has 6 heteroatoms. The van der Waals surface area contributed by atoms with Crippen LogP contribution in [0, 0.1) is 0 Å². The van der Waals surface area contributed by atoms with Crippen molar-refractivity contribution < 1.29 is 9.53 Å². The lowest BCUT2D eigenvalue weighted by Gasteiger charge is -2.34. The van der Waals surface area contributed by atoms with Crippen LogP contribution in [0.4, 0.5) is 0 Å². The lowest BCUT2D eigenvalue weighted by molar-refractivity contribution is -0.109. The van der Waals surface area contributed by atoms with Crippen molar-refractivity contribution in [3.05, 3.63) is 114 Å². The summed E-state index contributed by atoms with van der Waals surface area (Å²) in [6, 6.07) is 30.7. The first-order chi connectivity index (χ1) is 15.2. The average molecular weight is 430 g/mol. The Hall–Kier alpha value is -3.38. The van der Waals surface area contributed by atoms with Gasteiger partial charge in [0.05, 0.1) is 6.61 Å². The molecule has 0 radical (unpaired) electrons. The monoisotopic (exact) mass is 429 g/mol. The summed E-state index contributed by atoms with van der Waals surface area (Å²) in [6.45, 7) is 1.94. The van der Waals surface area contributed by atoms with E-state index in [4.69, 9.17) is 9.84 Å². The molecule has 5 nitrogen and oxygen atoms in total. The highest BCUT2D eigenvalue weighted by atomic mass is 32.2. The van der Waals surface area contributed by atoms with E-state index < -0.39 is 5.54 Å². The minimum absolute atomic E-state index is 0.0727. The smallest absolute Gasteiger partial charge is 0.253 e. The van der Waals surface area contributed by atoms with E-state index in [1.54, 1.807) is 17.9 Å². The molecule has 0 saturated heterocycles. The van der Waals surface area contributed by atoms with Crippen molar-refractivity contribution in [1.82, 2.24) is 15.0 Å². The molecule has 156 valence electrons. The van der Waals surface area contributed by atoms with E-state index in [-0.39, 0.29) is 5.12 Å². The lowest BCUT2D eigenvalue weighted by atomic mass is 9.77. The quantitative estimate of drug-likeness (QED) is 0.298. The van der Waals surface area contributed by atoms with Crippen molar-refractivity contribution in [1.29, 1.82) is 0 Å².